The molecular weight excluding hydrogens is 517 g/mol. The predicted molar refractivity (Wildman–Crippen MR) is 147 cm³/mol. The zero-order valence-corrected chi connectivity index (χ0v) is 22.8. The second-order valence-corrected chi connectivity index (χ2v) is 13.4. The molecule has 9 heteroatoms. The van der Waals surface area contributed by atoms with Crippen LogP contribution in [0.25, 0.3) is 0 Å². The Labute approximate surface area is 229 Å². The van der Waals surface area contributed by atoms with Gasteiger partial charge in [0.2, 0.25) is 10.0 Å². The van der Waals surface area contributed by atoms with Crippen molar-refractivity contribution in [2.45, 2.75) is 55.2 Å². The van der Waals surface area contributed by atoms with Gasteiger partial charge in [0.1, 0.15) is 16.7 Å². The van der Waals surface area contributed by atoms with E-state index in [0.717, 1.165) is 16.7 Å². The summed E-state index contributed by atoms with van der Waals surface area (Å²) in [7, 11) is -3.69. The van der Waals surface area contributed by atoms with Gasteiger partial charge in [0.05, 0.1) is 12.6 Å². The highest BCUT2D eigenvalue weighted by molar-refractivity contribution is 7.90. The molecule has 3 heterocycles. The second kappa shape index (κ2) is 10.3. The van der Waals surface area contributed by atoms with Crippen molar-refractivity contribution in [3.05, 3.63) is 95.3 Å². The highest BCUT2D eigenvalue weighted by Gasteiger charge is 2.50. The molecule has 2 aromatic carbocycles. The predicted octanol–water partition coefficient (Wildman–Crippen LogP) is 3.34. The molecule has 6 rings (SSSR count). The molecule has 2 fully saturated rings. The highest BCUT2D eigenvalue weighted by Crippen LogP contribution is 2.38. The fourth-order valence-corrected chi connectivity index (χ4v) is 8.47. The Hall–Kier alpha value is -2.85. The first-order valence-electron chi connectivity index (χ1n) is 13.6. The number of benzene rings is 2. The number of hydrogen-bond acceptors (Lipinski definition) is 5. The zero-order valence-electron chi connectivity index (χ0n) is 22.0. The molecule has 3 aliphatic heterocycles. The molecule has 1 aliphatic carbocycles. The molecule has 7 nitrogen and oxygen atoms in total. The van der Waals surface area contributed by atoms with Gasteiger partial charge in [0.15, 0.2) is 0 Å². The van der Waals surface area contributed by atoms with E-state index in [1.807, 2.05) is 35.3 Å². The number of ether oxygens (including phenoxy) is 1. The molecule has 0 radical (unpaired) electrons. The summed E-state index contributed by atoms with van der Waals surface area (Å²) in [6.45, 7) is 3.41. The van der Waals surface area contributed by atoms with E-state index >= 15 is 0 Å². The van der Waals surface area contributed by atoms with E-state index in [-0.39, 0.29) is 42.9 Å². The largest absolute Gasteiger partial charge is 0.367 e. The molecule has 1 unspecified atom stereocenters. The van der Waals surface area contributed by atoms with Crippen LogP contribution in [0, 0.1) is 5.82 Å². The lowest BCUT2D eigenvalue weighted by molar-refractivity contribution is -0.152. The van der Waals surface area contributed by atoms with Crippen LogP contribution >= 0.6 is 0 Å². The monoisotopic (exact) mass is 551 g/mol. The van der Waals surface area contributed by atoms with E-state index in [2.05, 4.69) is 11.4 Å². The zero-order chi connectivity index (χ0) is 27.2. The summed E-state index contributed by atoms with van der Waals surface area (Å²) >= 11 is 0. The summed E-state index contributed by atoms with van der Waals surface area (Å²) in [5.41, 5.74) is 3.02. The number of sulfonamides is 1. The third-order valence-corrected chi connectivity index (χ3v) is 11.2. The van der Waals surface area contributed by atoms with Gasteiger partial charge in [-0.15, -0.1) is 0 Å². The van der Waals surface area contributed by atoms with Crippen LogP contribution < -0.4 is 5.32 Å². The van der Waals surface area contributed by atoms with E-state index in [4.69, 9.17) is 4.74 Å². The van der Waals surface area contributed by atoms with Gasteiger partial charge in [0.25, 0.3) is 5.91 Å². The topological polar surface area (TPSA) is 79.0 Å². The average Bonchev–Trinajstić information content (AvgIpc) is 2.96. The molecule has 206 valence electrons. The number of nitrogens with zero attached hydrogens (tertiary/aromatic N) is 2. The smallest absolute Gasteiger partial charge is 0.252 e. The van der Waals surface area contributed by atoms with Crippen molar-refractivity contribution in [1.82, 2.24) is 14.5 Å². The van der Waals surface area contributed by atoms with Gasteiger partial charge < -0.3 is 15.0 Å². The lowest BCUT2D eigenvalue weighted by atomic mass is 9.87. The maximum Gasteiger partial charge on any atom is 0.252 e. The minimum absolute atomic E-state index is 0.160. The summed E-state index contributed by atoms with van der Waals surface area (Å²) < 4.78 is 48.4. The Kier molecular flexibility index (Phi) is 6.95. The number of rotatable bonds is 4. The van der Waals surface area contributed by atoms with Crippen LogP contribution in [-0.4, -0.2) is 72.7 Å². The molecule has 2 aromatic rings. The molecule has 1 amide bonds. The number of hydrogen-bond donors (Lipinski definition) is 1. The second-order valence-electron chi connectivity index (χ2n) is 11.0. The van der Waals surface area contributed by atoms with Gasteiger partial charge in [0, 0.05) is 38.1 Å². The Balaban J connectivity index is 1.29. The first kappa shape index (κ1) is 26.4. The summed E-state index contributed by atoms with van der Waals surface area (Å²) in [5.74, 6) is -0.489. The fraction of sp³-hybridized carbons (Fsp3) is 0.433. The summed E-state index contributed by atoms with van der Waals surface area (Å²) in [6, 6.07) is 13.4. The third kappa shape index (κ3) is 4.65. The maximum absolute atomic E-state index is 14.1. The molecular formula is C30H34FN3O4S. The number of halogens is 1. The summed E-state index contributed by atoms with van der Waals surface area (Å²) in [5, 5.41) is 3.41. The van der Waals surface area contributed by atoms with Crippen LogP contribution in [0.15, 0.2) is 72.8 Å². The van der Waals surface area contributed by atoms with Crippen LogP contribution in [0.3, 0.4) is 0 Å². The van der Waals surface area contributed by atoms with Gasteiger partial charge in [-0.3, -0.25) is 4.79 Å². The number of piperazine rings is 1. The lowest BCUT2D eigenvalue weighted by Crippen LogP contribution is -2.67. The number of amides is 1. The third-order valence-electron chi connectivity index (χ3n) is 8.65. The number of carbonyl (C=O) groups excluding carboxylic acids is 1. The summed E-state index contributed by atoms with van der Waals surface area (Å²) in [6.07, 6.45) is 7.94. The number of allylic oxidation sites excluding steroid dienone is 3. The van der Waals surface area contributed by atoms with E-state index < -0.39 is 20.9 Å². The maximum atomic E-state index is 14.1. The Morgan fingerprint density at radius 2 is 1.90 bits per heavy atom. The molecule has 1 N–H and O–H groups in total. The first-order valence-corrected chi connectivity index (χ1v) is 15.1. The van der Waals surface area contributed by atoms with Crippen LogP contribution in [0.5, 0.6) is 0 Å². The van der Waals surface area contributed by atoms with Gasteiger partial charge in [-0.05, 0) is 48.6 Å². The van der Waals surface area contributed by atoms with Crippen molar-refractivity contribution in [2.24, 2.45) is 0 Å². The Bertz CT molecular complexity index is 1410. The van der Waals surface area contributed by atoms with E-state index in [1.54, 1.807) is 35.5 Å². The van der Waals surface area contributed by atoms with Gasteiger partial charge in [-0.1, -0.05) is 60.7 Å². The average molecular weight is 552 g/mol. The SMILES string of the molecule is CC1(S(=O)(=O)N2CCN[C@H]3CO[C@@H](C(=O)N4CCc5ccccc5[C@@H]4c4ccc(F)cc4)C[C@@H]32)C=CC=CC1. The van der Waals surface area contributed by atoms with E-state index in [0.29, 0.717) is 32.5 Å². The lowest BCUT2D eigenvalue weighted by Gasteiger charge is -2.48. The van der Waals surface area contributed by atoms with Crippen LogP contribution in [0.4, 0.5) is 4.39 Å². The molecule has 39 heavy (non-hydrogen) atoms. The molecule has 0 saturated carbocycles. The van der Waals surface area contributed by atoms with Crippen LogP contribution in [0.2, 0.25) is 0 Å². The van der Waals surface area contributed by atoms with E-state index in [9.17, 15) is 17.6 Å². The van der Waals surface area contributed by atoms with Gasteiger partial charge in [-0.2, -0.15) is 4.31 Å². The number of fused-ring (bicyclic) bond motifs is 2. The van der Waals surface area contributed by atoms with Crippen molar-refractivity contribution in [3.8, 4) is 0 Å². The quantitative estimate of drug-likeness (QED) is 0.631. The van der Waals surface area contributed by atoms with Gasteiger partial charge in [-0.25, -0.2) is 12.8 Å². The minimum atomic E-state index is -3.69. The number of nitrogens with one attached hydrogen (secondary N) is 1. The molecule has 5 atom stereocenters. The van der Waals surface area contributed by atoms with Crippen molar-refractivity contribution in [1.29, 1.82) is 0 Å². The van der Waals surface area contributed by atoms with Crippen molar-refractivity contribution in [2.75, 3.05) is 26.2 Å². The highest BCUT2D eigenvalue weighted by atomic mass is 32.2. The van der Waals surface area contributed by atoms with Crippen molar-refractivity contribution in [3.63, 3.8) is 0 Å². The van der Waals surface area contributed by atoms with Gasteiger partial charge >= 0.3 is 0 Å². The van der Waals surface area contributed by atoms with Crippen LogP contribution in [0.1, 0.15) is 42.5 Å². The number of carbonyl (C=O) groups is 1. The fourth-order valence-electron chi connectivity index (χ4n) is 6.45. The van der Waals surface area contributed by atoms with Crippen molar-refractivity contribution < 1.29 is 22.3 Å². The molecule has 4 aliphatic rings. The van der Waals surface area contributed by atoms with E-state index in [1.165, 1.54) is 12.1 Å². The molecule has 2 saturated heterocycles. The molecule has 0 spiro atoms. The van der Waals surface area contributed by atoms with Crippen LogP contribution in [-0.2, 0) is 26.0 Å². The summed E-state index contributed by atoms with van der Waals surface area (Å²) in [4.78, 5) is 16.0. The first-order chi connectivity index (χ1) is 18.8. The Morgan fingerprint density at radius 3 is 2.67 bits per heavy atom. The van der Waals surface area contributed by atoms with Crippen molar-refractivity contribution >= 4 is 15.9 Å². The molecule has 0 aromatic heterocycles. The molecule has 0 bridgehead atoms. The normalized spacial score (nSPS) is 31.0. The minimum Gasteiger partial charge on any atom is -0.367 e. The standard InChI is InChI=1S/C30H34FN3O4S/c1-30(14-5-2-6-15-30)39(36,37)34-18-16-32-25-20-38-27(19-26(25)34)29(35)33-17-13-21-7-3-4-8-24(21)28(33)22-9-11-23(31)12-10-22/h2-12,14,25-28,32H,13,15-20H2,1H3/t25-,26-,27+,28-,30?/m0/s1. The Morgan fingerprint density at radius 1 is 1.10 bits per heavy atom.